The second kappa shape index (κ2) is 9.12. The second-order valence-corrected chi connectivity index (χ2v) is 9.90. The van der Waals surface area contributed by atoms with Gasteiger partial charge in [0.15, 0.2) is 11.5 Å². The molecule has 5 rings (SSSR count). The lowest BCUT2D eigenvalue weighted by Crippen LogP contribution is -2.43. The fourth-order valence-electron chi connectivity index (χ4n) is 5.59. The molecule has 2 aromatic rings. The molecule has 0 aromatic heterocycles. The molecular formula is C27H35N3O4. The molecule has 182 valence electrons. The molecule has 1 atom stereocenters. The first kappa shape index (κ1) is 23.0. The van der Waals surface area contributed by atoms with Crippen LogP contribution in [0.1, 0.15) is 45.2 Å². The number of amides is 1. The lowest BCUT2D eigenvalue weighted by Gasteiger charge is -2.30. The summed E-state index contributed by atoms with van der Waals surface area (Å²) < 4.78 is 17.2. The molecule has 2 aromatic carbocycles. The van der Waals surface area contributed by atoms with E-state index >= 15 is 0 Å². The molecule has 3 aliphatic heterocycles. The summed E-state index contributed by atoms with van der Waals surface area (Å²) in [6.45, 7) is 13.0. The molecular weight excluding hydrogens is 430 g/mol. The molecule has 34 heavy (non-hydrogen) atoms. The van der Waals surface area contributed by atoms with Gasteiger partial charge in [0.1, 0.15) is 17.8 Å². The van der Waals surface area contributed by atoms with Crippen molar-refractivity contribution in [3.63, 3.8) is 0 Å². The van der Waals surface area contributed by atoms with E-state index in [0.29, 0.717) is 42.5 Å². The predicted molar refractivity (Wildman–Crippen MR) is 132 cm³/mol. The van der Waals surface area contributed by atoms with E-state index in [0.717, 1.165) is 42.9 Å². The van der Waals surface area contributed by atoms with E-state index in [1.807, 2.05) is 35.2 Å². The topological polar surface area (TPSA) is 63.3 Å². The fourth-order valence-corrected chi connectivity index (χ4v) is 5.59. The first-order valence-electron chi connectivity index (χ1n) is 12.4. The Morgan fingerprint density at radius 3 is 2.47 bits per heavy atom. The number of para-hydroxylation sites is 1. The first-order valence-corrected chi connectivity index (χ1v) is 12.4. The van der Waals surface area contributed by atoms with E-state index in [1.54, 1.807) is 0 Å². The maximum atomic E-state index is 14.0. The van der Waals surface area contributed by atoms with Crippen molar-refractivity contribution >= 4 is 11.6 Å². The van der Waals surface area contributed by atoms with Gasteiger partial charge in [-0.1, -0.05) is 18.2 Å². The lowest BCUT2D eigenvalue weighted by atomic mass is 9.77. The van der Waals surface area contributed by atoms with Crippen molar-refractivity contribution in [1.82, 2.24) is 10.2 Å². The predicted octanol–water partition coefficient (Wildman–Crippen LogP) is 3.54. The number of carbonyl (C=O) groups excluding carboxylic acids is 1. The minimum Gasteiger partial charge on any atom is -0.491 e. The van der Waals surface area contributed by atoms with Gasteiger partial charge in [0.25, 0.3) is 0 Å². The Balaban J connectivity index is 1.28. The molecule has 0 bridgehead atoms. The smallest absolute Gasteiger partial charge is 0.245 e. The highest BCUT2D eigenvalue weighted by molar-refractivity contribution is 6.11. The van der Waals surface area contributed by atoms with Gasteiger partial charge in [0.05, 0.1) is 0 Å². The number of ether oxygens (including phenoxy) is 3. The Hall–Kier alpha value is -2.77. The summed E-state index contributed by atoms with van der Waals surface area (Å²) in [6, 6.07) is 13.0. The van der Waals surface area contributed by atoms with E-state index in [4.69, 9.17) is 14.2 Å². The van der Waals surface area contributed by atoms with Crippen molar-refractivity contribution in [2.24, 2.45) is 0 Å². The summed E-state index contributed by atoms with van der Waals surface area (Å²) in [5, 5.41) is 3.56. The van der Waals surface area contributed by atoms with Crippen molar-refractivity contribution < 1.29 is 19.0 Å². The van der Waals surface area contributed by atoms with Crippen LogP contribution in [-0.2, 0) is 10.2 Å². The highest BCUT2D eigenvalue weighted by Crippen LogP contribution is 2.54. The van der Waals surface area contributed by atoms with Crippen molar-refractivity contribution in [1.29, 1.82) is 0 Å². The molecule has 3 heterocycles. The van der Waals surface area contributed by atoms with Crippen LogP contribution in [0.5, 0.6) is 17.2 Å². The molecule has 1 amide bonds. The zero-order valence-corrected chi connectivity index (χ0v) is 20.6. The van der Waals surface area contributed by atoms with E-state index in [-0.39, 0.29) is 12.7 Å². The third-order valence-corrected chi connectivity index (χ3v) is 7.25. The van der Waals surface area contributed by atoms with Gasteiger partial charge in [0.2, 0.25) is 12.7 Å². The van der Waals surface area contributed by atoms with Crippen LogP contribution in [0.15, 0.2) is 36.4 Å². The number of nitrogens with one attached hydrogen (secondary N) is 1. The Morgan fingerprint density at radius 2 is 1.71 bits per heavy atom. The van der Waals surface area contributed by atoms with Crippen LogP contribution >= 0.6 is 0 Å². The molecule has 1 N–H and O–H groups in total. The Morgan fingerprint density at radius 1 is 0.971 bits per heavy atom. The number of nitrogens with zero attached hydrogens (tertiary/aromatic N) is 2. The number of hydrogen-bond acceptors (Lipinski definition) is 6. The van der Waals surface area contributed by atoms with E-state index in [9.17, 15) is 4.79 Å². The van der Waals surface area contributed by atoms with Crippen LogP contribution in [0.4, 0.5) is 5.69 Å². The molecule has 1 unspecified atom stereocenters. The molecule has 0 saturated carbocycles. The van der Waals surface area contributed by atoms with Crippen molar-refractivity contribution in [2.75, 3.05) is 44.5 Å². The molecule has 7 nitrogen and oxygen atoms in total. The third kappa shape index (κ3) is 3.71. The second-order valence-electron chi connectivity index (χ2n) is 9.90. The average molecular weight is 466 g/mol. The average Bonchev–Trinajstić information content (AvgIpc) is 3.48. The summed E-state index contributed by atoms with van der Waals surface area (Å²) in [5.41, 5.74) is 2.04. The summed E-state index contributed by atoms with van der Waals surface area (Å²) in [4.78, 5) is 18.4. The minimum absolute atomic E-state index is 0.0807. The Labute approximate surface area is 202 Å². The SMILES string of the molecule is CC(C)N(CCNCCCN1C(=O)C2(COc3cc4c(cc32)OCO4)c2ccccc21)C(C)C. The fraction of sp³-hybridized carbons (Fsp3) is 0.519. The number of carbonyl (C=O) groups is 1. The summed E-state index contributed by atoms with van der Waals surface area (Å²) in [6.07, 6.45) is 0.883. The molecule has 3 aliphatic rings. The zero-order valence-electron chi connectivity index (χ0n) is 20.6. The lowest BCUT2D eigenvalue weighted by molar-refractivity contribution is -0.122. The van der Waals surface area contributed by atoms with Crippen LogP contribution in [0.2, 0.25) is 0 Å². The Bertz CT molecular complexity index is 1060. The maximum absolute atomic E-state index is 14.0. The monoisotopic (exact) mass is 465 g/mol. The third-order valence-electron chi connectivity index (χ3n) is 7.25. The van der Waals surface area contributed by atoms with Gasteiger partial charge >= 0.3 is 0 Å². The van der Waals surface area contributed by atoms with Crippen LogP contribution in [-0.4, -0.2) is 62.5 Å². The standard InChI is InChI=1S/C27H35N3O4/c1-18(2)29(19(3)4)13-11-28-10-7-12-30-22-9-6-5-8-20(22)27(26(30)31)16-32-23-15-25-24(14-21(23)27)33-17-34-25/h5-6,8-9,14-15,18-19,28H,7,10-13,16-17H2,1-4H3. The zero-order chi connectivity index (χ0) is 23.9. The van der Waals surface area contributed by atoms with Gasteiger partial charge in [0, 0.05) is 49.0 Å². The summed E-state index contributed by atoms with van der Waals surface area (Å²) in [7, 11) is 0. The van der Waals surface area contributed by atoms with Gasteiger partial charge < -0.3 is 24.4 Å². The number of fused-ring (bicyclic) bond motifs is 5. The van der Waals surface area contributed by atoms with Crippen LogP contribution in [0, 0.1) is 0 Å². The molecule has 1 spiro atoms. The maximum Gasteiger partial charge on any atom is 0.245 e. The molecule has 0 saturated heterocycles. The molecule has 7 heteroatoms. The van der Waals surface area contributed by atoms with Gasteiger partial charge in [-0.25, -0.2) is 0 Å². The van der Waals surface area contributed by atoms with E-state index in [1.165, 1.54) is 0 Å². The number of anilines is 1. The van der Waals surface area contributed by atoms with Crippen molar-refractivity contribution in [3.8, 4) is 17.2 Å². The number of benzene rings is 2. The highest BCUT2D eigenvalue weighted by atomic mass is 16.7. The van der Waals surface area contributed by atoms with Gasteiger partial charge in [-0.05, 0) is 58.4 Å². The van der Waals surface area contributed by atoms with Crippen LogP contribution in [0.25, 0.3) is 0 Å². The molecule has 0 aliphatic carbocycles. The Kier molecular flexibility index (Phi) is 6.16. The normalized spacial score (nSPS) is 20.1. The van der Waals surface area contributed by atoms with E-state index < -0.39 is 5.41 Å². The highest BCUT2D eigenvalue weighted by Gasteiger charge is 2.57. The largest absolute Gasteiger partial charge is 0.491 e. The van der Waals surface area contributed by atoms with Crippen LogP contribution in [0.3, 0.4) is 0 Å². The quantitative estimate of drug-likeness (QED) is 0.572. The van der Waals surface area contributed by atoms with Crippen molar-refractivity contribution in [2.45, 2.75) is 51.6 Å². The number of hydrogen-bond donors (Lipinski definition) is 1. The first-order chi connectivity index (χ1) is 16.4. The number of rotatable bonds is 9. The summed E-state index contributed by atoms with van der Waals surface area (Å²) in [5.74, 6) is 2.13. The summed E-state index contributed by atoms with van der Waals surface area (Å²) >= 11 is 0. The van der Waals surface area contributed by atoms with Gasteiger partial charge in [-0.15, -0.1) is 0 Å². The van der Waals surface area contributed by atoms with Crippen molar-refractivity contribution in [3.05, 3.63) is 47.5 Å². The van der Waals surface area contributed by atoms with E-state index in [2.05, 4.69) is 44.0 Å². The minimum atomic E-state index is -0.824. The van der Waals surface area contributed by atoms with Crippen LogP contribution < -0.4 is 24.4 Å². The van der Waals surface area contributed by atoms with Gasteiger partial charge in [-0.2, -0.15) is 0 Å². The molecule has 0 radical (unpaired) electrons. The van der Waals surface area contributed by atoms with Gasteiger partial charge in [-0.3, -0.25) is 9.69 Å². The molecule has 0 fully saturated rings.